The number of hydrogen-bond acceptors (Lipinski definition) is 3. The molecule has 0 fully saturated rings. The molecule has 0 amide bonds. The molecule has 2 aliphatic rings. The molecule has 2 aromatic heterocycles. The summed E-state index contributed by atoms with van der Waals surface area (Å²) in [5.74, 6) is 0. The minimum Gasteiger partial charge on any atom is -0.456 e. The molecule has 2 aliphatic carbocycles. The number of thiophene rings is 1. The first-order valence-corrected chi connectivity index (χ1v) is 20.4. The molecule has 13 rings (SSSR count). The van der Waals surface area contributed by atoms with Gasteiger partial charge in [-0.05, 0) is 98.6 Å². The van der Waals surface area contributed by atoms with Crippen LogP contribution < -0.4 is 4.90 Å². The van der Waals surface area contributed by atoms with E-state index in [2.05, 4.69) is 121 Å². The molecule has 0 aliphatic heterocycles. The fraction of sp³-hybridized carbons (Fsp3) is 0.0182. The van der Waals surface area contributed by atoms with Gasteiger partial charge in [0.15, 0.2) is 0 Å². The maximum atomic E-state index is 9.85. The van der Waals surface area contributed by atoms with Gasteiger partial charge in [-0.25, -0.2) is 0 Å². The molecule has 0 saturated heterocycles. The molecule has 1 spiro atoms. The molecule has 2 heterocycles. The molecule has 0 radical (unpaired) electrons. The highest BCUT2D eigenvalue weighted by atomic mass is 32.1. The predicted octanol–water partition coefficient (Wildman–Crippen LogP) is 15.4. The second-order valence-electron chi connectivity index (χ2n) is 15.2. The molecule has 0 N–H and O–H groups in total. The third-order valence-electron chi connectivity index (χ3n) is 12.4. The number of anilines is 3. The first-order valence-electron chi connectivity index (χ1n) is 21.6. The van der Waals surface area contributed by atoms with Crippen molar-refractivity contribution in [1.82, 2.24) is 0 Å². The van der Waals surface area contributed by atoms with Gasteiger partial charge in [-0.3, -0.25) is 0 Å². The van der Waals surface area contributed by atoms with Crippen LogP contribution in [0.5, 0.6) is 0 Å². The van der Waals surface area contributed by atoms with Crippen LogP contribution in [0.3, 0.4) is 0 Å². The molecule has 3 heteroatoms. The van der Waals surface area contributed by atoms with E-state index in [-0.39, 0.29) is 24.2 Å². The lowest BCUT2D eigenvalue weighted by Gasteiger charge is -2.31. The van der Waals surface area contributed by atoms with Crippen LogP contribution in [-0.2, 0) is 5.41 Å². The maximum Gasteiger partial charge on any atom is 0.137 e. The van der Waals surface area contributed by atoms with Gasteiger partial charge in [0.2, 0.25) is 0 Å². The van der Waals surface area contributed by atoms with Gasteiger partial charge < -0.3 is 9.32 Å². The van der Waals surface area contributed by atoms with E-state index in [1.165, 1.54) is 33.4 Å². The van der Waals surface area contributed by atoms with Crippen molar-refractivity contribution in [2.24, 2.45) is 0 Å². The summed E-state index contributed by atoms with van der Waals surface area (Å²) in [7, 11) is 0. The van der Waals surface area contributed by atoms with Crippen molar-refractivity contribution in [3.63, 3.8) is 0 Å². The number of rotatable bonds is 4. The van der Waals surface area contributed by atoms with Crippen LogP contribution in [-0.4, -0.2) is 0 Å². The molecule has 11 aromatic rings. The molecular weight excluding hydrogens is 723 g/mol. The molecule has 0 atom stereocenters. The van der Waals surface area contributed by atoms with Crippen molar-refractivity contribution in [1.29, 1.82) is 0 Å². The van der Waals surface area contributed by atoms with Crippen molar-refractivity contribution in [2.75, 3.05) is 4.90 Å². The van der Waals surface area contributed by atoms with Crippen LogP contribution in [0.25, 0.3) is 75.5 Å². The Bertz CT molecular complexity index is 3690. The average Bonchev–Trinajstić information content (AvgIpc) is 4.05. The number of para-hydroxylation sites is 2. The Kier molecular flexibility index (Phi) is 5.80. The highest BCUT2D eigenvalue weighted by molar-refractivity contribution is 7.25. The normalized spacial score (nSPS) is 14.3. The quantitative estimate of drug-likeness (QED) is 0.178. The lowest BCUT2D eigenvalue weighted by Crippen LogP contribution is -2.25. The SMILES string of the molecule is [2H]c1c([2H])c([2H])c(N(c2ccc3c(c2)-c2ccccc2C32c3ccccc3-c3ccccc32)c2ccc3c(c2)oc2ccccc23)c(-c2cccc3sc4ccccc4c23)c1[2H]. The van der Waals surface area contributed by atoms with E-state index < -0.39 is 5.41 Å². The zero-order valence-electron chi connectivity index (χ0n) is 35.0. The van der Waals surface area contributed by atoms with Gasteiger partial charge in [0.1, 0.15) is 11.2 Å². The van der Waals surface area contributed by atoms with Crippen molar-refractivity contribution in [3.05, 3.63) is 222 Å². The van der Waals surface area contributed by atoms with Gasteiger partial charge in [0.05, 0.1) is 16.6 Å². The predicted molar refractivity (Wildman–Crippen MR) is 243 cm³/mol. The fourth-order valence-electron chi connectivity index (χ4n) is 10.1. The number of hydrogen-bond donors (Lipinski definition) is 0. The average molecular weight is 760 g/mol. The molecule has 270 valence electrons. The van der Waals surface area contributed by atoms with E-state index in [0.717, 1.165) is 58.9 Å². The Balaban J connectivity index is 1.13. The van der Waals surface area contributed by atoms with Crippen LogP contribution in [0.15, 0.2) is 205 Å². The second-order valence-corrected chi connectivity index (χ2v) is 16.3. The first kappa shape index (κ1) is 28.2. The standard InChI is InChI=1S/C55H33NOS/c1-7-21-45-36(14-1)37-15-2-8-22-46(37)55(45)47-23-9-3-16-38(47)44-32-34(29-31-48(44)55)56(35-28-30-41-40-18-5-11-25-50(40)57-51(41)33-35)49-24-10-4-17-39(49)42-20-13-27-53-54(42)43-19-6-12-26-52(43)58-53/h1-33H/i4D,10D,17D,24D. The van der Waals surface area contributed by atoms with Crippen LogP contribution in [0.2, 0.25) is 0 Å². The topological polar surface area (TPSA) is 16.4 Å². The van der Waals surface area contributed by atoms with Gasteiger partial charge in [0.25, 0.3) is 0 Å². The summed E-state index contributed by atoms with van der Waals surface area (Å²) >= 11 is 1.69. The zero-order chi connectivity index (χ0) is 41.4. The van der Waals surface area contributed by atoms with Crippen LogP contribution in [0, 0.1) is 0 Å². The minimum absolute atomic E-state index is 0.0942. The van der Waals surface area contributed by atoms with Crippen molar-refractivity contribution < 1.29 is 9.90 Å². The molecular formula is C55H33NOS. The molecule has 9 aromatic carbocycles. The highest BCUT2D eigenvalue weighted by Crippen LogP contribution is 2.63. The zero-order valence-corrected chi connectivity index (χ0v) is 31.8. The summed E-state index contributed by atoms with van der Waals surface area (Å²) in [5, 5.41) is 4.00. The summed E-state index contributed by atoms with van der Waals surface area (Å²) in [6.45, 7) is 0. The Morgan fingerprint density at radius 2 is 1.00 bits per heavy atom. The van der Waals surface area contributed by atoms with Crippen molar-refractivity contribution >= 4 is 70.5 Å². The van der Waals surface area contributed by atoms with E-state index in [4.69, 9.17) is 5.79 Å². The third kappa shape index (κ3) is 4.21. The largest absolute Gasteiger partial charge is 0.456 e. The number of fused-ring (bicyclic) bond motifs is 16. The first-order chi connectivity index (χ1) is 30.4. The Labute approximate surface area is 345 Å². The van der Waals surface area contributed by atoms with E-state index in [1.54, 1.807) is 11.3 Å². The van der Waals surface area contributed by atoms with Gasteiger partial charge >= 0.3 is 0 Å². The lowest BCUT2D eigenvalue weighted by molar-refractivity contribution is 0.669. The maximum absolute atomic E-state index is 9.85. The van der Waals surface area contributed by atoms with E-state index in [0.29, 0.717) is 22.5 Å². The highest BCUT2D eigenvalue weighted by Gasteiger charge is 2.51. The molecule has 0 saturated carbocycles. The number of furan rings is 1. The van der Waals surface area contributed by atoms with Crippen LogP contribution in [0.1, 0.15) is 27.7 Å². The van der Waals surface area contributed by atoms with Crippen LogP contribution in [0.4, 0.5) is 17.1 Å². The van der Waals surface area contributed by atoms with Gasteiger partial charge in [0, 0.05) is 53.9 Å². The summed E-state index contributed by atoms with van der Waals surface area (Å²) in [6.07, 6.45) is 0. The van der Waals surface area contributed by atoms with Gasteiger partial charge in [-0.15, -0.1) is 11.3 Å². The fourth-order valence-corrected chi connectivity index (χ4v) is 11.3. The smallest absolute Gasteiger partial charge is 0.137 e. The summed E-state index contributed by atoms with van der Waals surface area (Å²) in [5.41, 5.74) is 13.5. The van der Waals surface area contributed by atoms with Gasteiger partial charge in [-0.1, -0.05) is 146 Å². The lowest BCUT2D eigenvalue weighted by atomic mass is 9.70. The Hall–Kier alpha value is -7.20. The van der Waals surface area contributed by atoms with Crippen LogP contribution >= 0.6 is 11.3 Å². The number of nitrogens with zero attached hydrogens (tertiary/aromatic N) is 1. The Morgan fingerprint density at radius 3 is 1.79 bits per heavy atom. The minimum atomic E-state index is -0.535. The monoisotopic (exact) mass is 759 g/mol. The van der Waals surface area contributed by atoms with Gasteiger partial charge in [-0.2, -0.15) is 0 Å². The third-order valence-corrected chi connectivity index (χ3v) is 13.6. The van der Waals surface area contributed by atoms with Crippen molar-refractivity contribution in [3.8, 4) is 33.4 Å². The van der Waals surface area contributed by atoms with Crippen molar-refractivity contribution in [2.45, 2.75) is 5.41 Å². The summed E-state index contributed by atoms with van der Waals surface area (Å²) in [4.78, 5) is 2.03. The van der Waals surface area contributed by atoms with E-state index in [1.807, 2.05) is 59.5 Å². The molecule has 0 bridgehead atoms. The summed E-state index contributed by atoms with van der Waals surface area (Å²) < 4.78 is 46.5. The number of benzene rings is 9. The van der Waals surface area contributed by atoms with E-state index >= 15 is 0 Å². The molecule has 2 nitrogen and oxygen atoms in total. The molecule has 0 unspecified atom stereocenters. The second kappa shape index (κ2) is 11.9. The summed E-state index contributed by atoms with van der Waals surface area (Å²) in [6, 6.07) is 60.5. The molecule has 58 heavy (non-hydrogen) atoms. The van der Waals surface area contributed by atoms with E-state index in [9.17, 15) is 4.11 Å². The Morgan fingerprint density at radius 1 is 0.431 bits per heavy atom.